The standard InChI is InChI=1S/C24H24FN3O3S/c1-14(2)11-20(29)26-18-7-9-19(10-8-18)27-24(31)22-15(3)12-21(32-22)28-23(30)16-5-4-6-17(25)13-16/h4-10,12-14H,11H2,1-3H3,(H,26,29)(H,27,31)(H,28,30). The fourth-order valence-corrected chi connectivity index (χ4v) is 3.95. The first-order valence-corrected chi connectivity index (χ1v) is 10.9. The smallest absolute Gasteiger partial charge is 0.266 e. The zero-order valence-corrected chi connectivity index (χ0v) is 18.8. The summed E-state index contributed by atoms with van der Waals surface area (Å²) < 4.78 is 13.3. The third-order valence-electron chi connectivity index (χ3n) is 4.47. The lowest BCUT2D eigenvalue weighted by Gasteiger charge is -2.09. The molecule has 3 amide bonds. The molecule has 0 aliphatic carbocycles. The van der Waals surface area contributed by atoms with Gasteiger partial charge in [0, 0.05) is 23.4 Å². The van der Waals surface area contributed by atoms with Crippen LogP contribution in [0.15, 0.2) is 54.6 Å². The Kier molecular flexibility index (Phi) is 7.37. The highest BCUT2D eigenvalue weighted by molar-refractivity contribution is 7.18. The number of aryl methyl sites for hydroxylation is 1. The summed E-state index contributed by atoms with van der Waals surface area (Å²) in [7, 11) is 0. The molecule has 0 aliphatic rings. The van der Waals surface area contributed by atoms with E-state index in [-0.39, 0.29) is 23.3 Å². The van der Waals surface area contributed by atoms with Crippen molar-refractivity contribution < 1.29 is 18.8 Å². The van der Waals surface area contributed by atoms with E-state index in [4.69, 9.17) is 0 Å². The Morgan fingerprint density at radius 3 is 2.19 bits per heavy atom. The summed E-state index contributed by atoms with van der Waals surface area (Å²) in [5.74, 6) is -1.04. The van der Waals surface area contributed by atoms with Gasteiger partial charge in [-0.05, 0) is 66.9 Å². The first-order valence-electron chi connectivity index (χ1n) is 10.1. The van der Waals surface area contributed by atoms with Crippen molar-refractivity contribution in [2.75, 3.05) is 16.0 Å². The van der Waals surface area contributed by atoms with Gasteiger partial charge in [0.1, 0.15) is 5.82 Å². The number of hydrogen-bond acceptors (Lipinski definition) is 4. The molecule has 3 rings (SSSR count). The highest BCUT2D eigenvalue weighted by Gasteiger charge is 2.16. The maximum atomic E-state index is 13.3. The Hall–Kier alpha value is -3.52. The van der Waals surface area contributed by atoms with E-state index < -0.39 is 11.7 Å². The highest BCUT2D eigenvalue weighted by atomic mass is 32.1. The Labute approximate surface area is 189 Å². The van der Waals surface area contributed by atoms with Gasteiger partial charge in [0.25, 0.3) is 11.8 Å². The molecule has 0 atom stereocenters. The van der Waals surface area contributed by atoms with Crippen LogP contribution in [0.4, 0.5) is 20.8 Å². The Morgan fingerprint density at radius 2 is 1.56 bits per heavy atom. The van der Waals surface area contributed by atoms with E-state index >= 15 is 0 Å². The normalized spacial score (nSPS) is 10.7. The molecule has 0 saturated carbocycles. The summed E-state index contributed by atoms with van der Waals surface area (Å²) in [6.07, 6.45) is 0.439. The maximum Gasteiger partial charge on any atom is 0.266 e. The molecule has 0 unspecified atom stereocenters. The molecule has 166 valence electrons. The molecule has 2 aromatic carbocycles. The quantitative estimate of drug-likeness (QED) is 0.430. The SMILES string of the molecule is Cc1cc(NC(=O)c2cccc(F)c2)sc1C(=O)Nc1ccc(NC(=O)CC(C)C)cc1. The molecule has 32 heavy (non-hydrogen) atoms. The lowest BCUT2D eigenvalue weighted by Crippen LogP contribution is -2.14. The zero-order valence-electron chi connectivity index (χ0n) is 18.0. The van der Waals surface area contributed by atoms with Crippen LogP contribution in [0.1, 0.15) is 45.9 Å². The Bertz CT molecular complexity index is 1140. The van der Waals surface area contributed by atoms with Crippen molar-refractivity contribution >= 4 is 45.4 Å². The number of nitrogens with one attached hydrogen (secondary N) is 3. The van der Waals surface area contributed by atoms with Gasteiger partial charge >= 0.3 is 0 Å². The molecule has 3 aromatic rings. The number of hydrogen-bond donors (Lipinski definition) is 3. The number of thiophene rings is 1. The van der Waals surface area contributed by atoms with Gasteiger partial charge < -0.3 is 16.0 Å². The summed E-state index contributed by atoms with van der Waals surface area (Å²) in [5, 5.41) is 8.82. The fraction of sp³-hybridized carbons (Fsp3) is 0.208. The number of benzene rings is 2. The summed E-state index contributed by atoms with van der Waals surface area (Å²) in [6.45, 7) is 5.72. The Morgan fingerprint density at radius 1 is 0.906 bits per heavy atom. The van der Waals surface area contributed by atoms with Gasteiger partial charge in [-0.15, -0.1) is 11.3 Å². The second-order valence-corrected chi connectivity index (χ2v) is 8.82. The first-order chi connectivity index (χ1) is 15.2. The van der Waals surface area contributed by atoms with Crippen LogP contribution in [-0.2, 0) is 4.79 Å². The van der Waals surface area contributed by atoms with Crippen LogP contribution in [0.2, 0.25) is 0 Å². The first kappa shape index (κ1) is 23.1. The minimum Gasteiger partial charge on any atom is -0.326 e. The number of carbonyl (C=O) groups is 3. The minimum atomic E-state index is -0.495. The van der Waals surface area contributed by atoms with Crippen molar-refractivity contribution in [3.05, 3.63) is 76.4 Å². The molecule has 1 heterocycles. The van der Waals surface area contributed by atoms with Crippen molar-refractivity contribution in [2.24, 2.45) is 5.92 Å². The van der Waals surface area contributed by atoms with Crippen LogP contribution >= 0.6 is 11.3 Å². The van der Waals surface area contributed by atoms with Crippen LogP contribution in [0.25, 0.3) is 0 Å². The topological polar surface area (TPSA) is 87.3 Å². The fourth-order valence-electron chi connectivity index (χ4n) is 2.99. The van der Waals surface area contributed by atoms with Crippen molar-refractivity contribution in [3.8, 4) is 0 Å². The van der Waals surface area contributed by atoms with Crippen LogP contribution in [0.5, 0.6) is 0 Å². The second-order valence-electron chi connectivity index (χ2n) is 7.76. The van der Waals surface area contributed by atoms with Gasteiger partial charge in [0.05, 0.1) is 9.88 Å². The summed E-state index contributed by atoms with van der Waals surface area (Å²) in [5.41, 5.74) is 2.14. The van der Waals surface area contributed by atoms with E-state index in [1.807, 2.05) is 13.8 Å². The number of anilines is 3. The summed E-state index contributed by atoms with van der Waals surface area (Å²) in [6, 6.07) is 13.9. The van der Waals surface area contributed by atoms with E-state index in [0.717, 1.165) is 17.4 Å². The van der Waals surface area contributed by atoms with Gasteiger partial charge in [-0.25, -0.2) is 4.39 Å². The van der Waals surface area contributed by atoms with E-state index in [9.17, 15) is 18.8 Å². The summed E-state index contributed by atoms with van der Waals surface area (Å²) in [4.78, 5) is 37.3. The predicted molar refractivity (Wildman–Crippen MR) is 126 cm³/mol. The molecule has 1 aromatic heterocycles. The van der Waals surface area contributed by atoms with Gasteiger partial charge in [-0.2, -0.15) is 0 Å². The molecule has 3 N–H and O–H groups in total. The second kappa shape index (κ2) is 10.2. The lowest BCUT2D eigenvalue weighted by atomic mass is 10.1. The monoisotopic (exact) mass is 453 g/mol. The van der Waals surface area contributed by atoms with Crippen molar-refractivity contribution in [2.45, 2.75) is 27.2 Å². The summed E-state index contributed by atoms with van der Waals surface area (Å²) >= 11 is 1.14. The third kappa shape index (κ3) is 6.24. The molecule has 0 saturated heterocycles. The molecule has 0 radical (unpaired) electrons. The molecule has 0 bridgehead atoms. The van der Waals surface area contributed by atoms with Crippen molar-refractivity contribution in [3.63, 3.8) is 0 Å². The van der Waals surface area contributed by atoms with Gasteiger partial charge in [0.15, 0.2) is 0 Å². The molecule has 0 aliphatic heterocycles. The molecule has 8 heteroatoms. The van der Waals surface area contributed by atoms with E-state index in [1.165, 1.54) is 18.2 Å². The zero-order chi connectivity index (χ0) is 23.3. The van der Waals surface area contributed by atoms with Crippen molar-refractivity contribution in [1.29, 1.82) is 0 Å². The largest absolute Gasteiger partial charge is 0.326 e. The average Bonchev–Trinajstić information content (AvgIpc) is 3.09. The van der Waals surface area contributed by atoms with E-state index in [1.54, 1.807) is 37.3 Å². The van der Waals surface area contributed by atoms with Crippen LogP contribution < -0.4 is 16.0 Å². The molecule has 6 nitrogen and oxygen atoms in total. The van der Waals surface area contributed by atoms with Gasteiger partial charge in [-0.1, -0.05) is 19.9 Å². The van der Waals surface area contributed by atoms with Gasteiger partial charge in [0.2, 0.25) is 5.91 Å². The Balaban J connectivity index is 1.62. The number of amides is 3. The molecular weight excluding hydrogens is 429 g/mol. The lowest BCUT2D eigenvalue weighted by molar-refractivity contribution is -0.116. The van der Waals surface area contributed by atoms with Crippen molar-refractivity contribution in [1.82, 2.24) is 0 Å². The van der Waals surface area contributed by atoms with E-state index in [0.29, 0.717) is 33.2 Å². The molecule has 0 fully saturated rings. The average molecular weight is 454 g/mol. The van der Waals surface area contributed by atoms with Crippen LogP contribution in [-0.4, -0.2) is 17.7 Å². The van der Waals surface area contributed by atoms with E-state index in [2.05, 4.69) is 16.0 Å². The predicted octanol–water partition coefficient (Wildman–Crippen LogP) is 5.68. The third-order valence-corrected chi connectivity index (χ3v) is 5.62. The van der Waals surface area contributed by atoms with Gasteiger partial charge in [-0.3, -0.25) is 14.4 Å². The number of halogens is 1. The maximum absolute atomic E-state index is 13.3. The highest BCUT2D eigenvalue weighted by Crippen LogP contribution is 2.28. The molecule has 0 spiro atoms. The number of rotatable bonds is 7. The minimum absolute atomic E-state index is 0.0567. The number of carbonyl (C=O) groups excluding carboxylic acids is 3. The van der Waals surface area contributed by atoms with Crippen LogP contribution in [0, 0.1) is 18.7 Å². The molecular formula is C24H24FN3O3S. The van der Waals surface area contributed by atoms with Crippen LogP contribution in [0.3, 0.4) is 0 Å².